The van der Waals surface area contributed by atoms with Crippen LogP contribution in [0.15, 0.2) is 36.4 Å². The van der Waals surface area contributed by atoms with Gasteiger partial charge in [0.05, 0.1) is 17.9 Å². The Kier molecular flexibility index (Phi) is 7.46. The van der Waals surface area contributed by atoms with Gasteiger partial charge in [-0.05, 0) is 63.4 Å². The lowest BCUT2D eigenvalue weighted by atomic mass is 9.74. The van der Waals surface area contributed by atoms with Gasteiger partial charge in [0.15, 0.2) is 0 Å². The second-order valence-corrected chi connectivity index (χ2v) is 12.4. The Hall–Kier alpha value is -2.42. The van der Waals surface area contributed by atoms with Crippen LogP contribution in [0.3, 0.4) is 0 Å². The third-order valence-corrected chi connectivity index (χ3v) is 9.81. The van der Waals surface area contributed by atoms with Crippen molar-refractivity contribution in [2.75, 3.05) is 25.0 Å². The van der Waals surface area contributed by atoms with Crippen molar-refractivity contribution in [3.05, 3.63) is 41.4 Å². The minimum absolute atomic E-state index is 0.118. The molecule has 210 valence electrons. The predicted molar refractivity (Wildman–Crippen MR) is 149 cm³/mol. The van der Waals surface area contributed by atoms with Gasteiger partial charge in [0, 0.05) is 35.9 Å². The van der Waals surface area contributed by atoms with Gasteiger partial charge >= 0.3 is 0 Å². The highest BCUT2D eigenvalue weighted by Crippen LogP contribution is 2.55. The summed E-state index contributed by atoms with van der Waals surface area (Å²) in [6.45, 7) is 4.38. The van der Waals surface area contributed by atoms with Crippen LogP contribution in [-0.2, 0) is 19.1 Å². The molecule has 3 saturated heterocycles. The topological polar surface area (TPSA) is 91.0 Å². The van der Waals surface area contributed by atoms with E-state index in [4.69, 9.17) is 16.3 Å². The number of carbonyl (C=O) groups excluding carboxylic acids is 3. The van der Waals surface area contributed by atoms with Crippen LogP contribution in [-0.4, -0.2) is 77.0 Å². The molecule has 1 saturated carbocycles. The second kappa shape index (κ2) is 10.9. The molecule has 3 amide bonds. The third kappa shape index (κ3) is 4.89. The fourth-order valence-electron chi connectivity index (χ4n) is 7.52. The Morgan fingerprint density at radius 1 is 1.03 bits per heavy atom. The average Bonchev–Trinajstić information content (AvgIpc) is 3.57. The molecule has 0 aromatic heterocycles. The molecule has 1 spiro atoms. The van der Waals surface area contributed by atoms with Crippen molar-refractivity contribution < 1.29 is 19.1 Å². The van der Waals surface area contributed by atoms with Crippen LogP contribution >= 0.6 is 11.6 Å². The lowest BCUT2D eigenvalue weighted by Gasteiger charge is -2.37. The Labute approximate surface area is 235 Å². The largest absolute Gasteiger partial charge is 0.359 e. The number of hydrogen-bond acceptors (Lipinski definition) is 5. The molecule has 4 aliphatic heterocycles. The van der Waals surface area contributed by atoms with E-state index in [9.17, 15) is 14.4 Å². The molecule has 2 bridgehead atoms. The van der Waals surface area contributed by atoms with E-state index in [-0.39, 0.29) is 23.8 Å². The minimum Gasteiger partial charge on any atom is -0.359 e. The maximum Gasteiger partial charge on any atom is 0.246 e. The first-order valence-corrected chi connectivity index (χ1v) is 15.0. The van der Waals surface area contributed by atoms with E-state index in [0.717, 1.165) is 45.1 Å². The first kappa shape index (κ1) is 26.8. The molecular formula is C30H39ClN4O4. The number of halogens is 1. The van der Waals surface area contributed by atoms with E-state index in [0.29, 0.717) is 29.8 Å². The minimum atomic E-state index is -1.13. The molecule has 8 nitrogen and oxygen atoms in total. The number of carbonyl (C=O) groups is 3. The Bertz CT molecular complexity index is 1140. The molecule has 5 aliphatic rings. The number of hydrogen-bond donors (Lipinski definition) is 2. The van der Waals surface area contributed by atoms with Crippen LogP contribution in [0.1, 0.15) is 58.3 Å². The van der Waals surface area contributed by atoms with Crippen molar-refractivity contribution >= 4 is 35.0 Å². The van der Waals surface area contributed by atoms with Crippen molar-refractivity contribution in [3.8, 4) is 0 Å². The number of fused-ring (bicyclic) bond motifs is 1. The van der Waals surface area contributed by atoms with E-state index in [1.165, 1.54) is 12.8 Å². The monoisotopic (exact) mass is 554 g/mol. The summed E-state index contributed by atoms with van der Waals surface area (Å²) in [6.07, 6.45) is 12.0. The summed E-state index contributed by atoms with van der Waals surface area (Å²) in [5.74, 6) is -2.03. The molecular weight excluding hydrogens is 516 g/mol. The molecule has 4 fully saturated rings. The van der Waals surface area contributed by atoms with Crippen molar-refractivity contribution in [1.29, 1.82) is 0 Å². The van der Waals surface area contributed by atoms with Crippen LogP contribution in [0.25, 0.3) is 0 Å². The highest BCUT2D eigenvalue weighted by molar-refractivity contribution is 6.30. The number of nitrogens with one attached hydrogen (secondary N) is 2. The number of anilines is 1. The zero-order valence-corrected chi connectivity index (χ0v) is 23.4. The number of rotatable bonds is 7. The molecule has 9 heteroatoms. The Morgan fingerprint density at radius 3 is 2.51 bits per heavy atom. The number of benzene rings is 1. The van der Waals surface area contributed by atoms with E-state index in [2.05, 4.69) is 22.5 Å². The van der Waals surface area contributed by atoms with Crippen LogP contribution in [0.4, 0.5) is 5.69 Å². The van der Waals surface area contributed by atoms with Crippen LogP contribution in [0.5, 0.6) is 0 Å². The average molecular weight is 555 g/mol. The normalized spacial score (nSPS) is 34.4. The number of nitrogens with zero attached hydrogens (tertiary/aromatic N) is 2. The van der Waals surface area contributed by atoms with Gasteiger partial charge in [0.2, 0.25) is 17.7 Å². The lowest BCUT2D eigenvalue weighted by molar-refractivity contribution is -0.141. The lowest BCUT2D eigenvalue weighted by Crippen LogP contribution is -2.57. The van der Waals surface area contributed by atoms with E-state index < -0.39 is 29.6 Å². The summed E-state index contributed by atoms with van der Waals surface area (Å²) in [6, 6.07) is 6.69. The van der Waals surface area contributed by atoms with E-state index in [1.807, 2.05) is 12.2 Å². The highest BCUT2D eigenvalue weighted by atomic mass is 35.5. The number of ether oxygens (including phenoxy) is 1. The molecule has 6 atom stereocenters. The molecule has 0 radical (unpaired) electrons. The van der Waals surface area contributed by atoms with Crippen molar-refractivity contribution in [2.45, 2.75) is 88.1 Å². The van der Waals surface area contributed by atoms with Crippen LogP contribution < -0.4 is 10.6 Å². The standard InChI is InChI=1S/C30H39ClN4O4/c1-19-7-5-6-16-34(19)17-18-35-26(28(37)33-21-8-3-2-4-9-21)30-15-14-23(39-30)24(25(30)29(35)38)27(36)32-22-12-10-20(31)11-13-22/h10-15,19,21,23-26H,2-9,16-18H2,1H3,(H,32,36)(H,33,37)/t19-,23+,24-,25+,26+,30+/m1/s1. The fourth-order valence-corrected chi connectivity index (χ4v) is 7.65. The first-order valence-electron chi connectivity index (χ1n) is 14.7. The van der Waals surface area contributed by atoms with E-state index in [1.54, 1.807) is 29.2 Å². The maximum absolute atomic E-state index is 14.2. The quantitative estimate of drug-likeness (QED) is 0.501. The summed E-state index contributed by atoms with van der Waals surface area (Å²) >= 11 is 6.01. The van der Waals surface area contributed by atoms with Crippen LogP contribution in [0.2, 0.25) is 5.02 Å². The third-order valence-electron chi connectivity index (χ3n) is 9.56. The number of amides is 3. The highest BCUT2D eigenvalue weighted by Gasteiger charge is 2.72. The van der Waals surface area contributed by atoms with Gasteiger partial charge in [0.25, 0.3) is 0 Å². The summed E-state index contributed by atoms with van der Waals surface area (Å²) in [5, 5.41) is 6.79. The molecule has 4 heterocycles. The van der Waals surface area contributed by atoms with E-state index >= 15 is 0 Å². The van der Waals surface area contributed by atoms with Gasteiger partial charge in [-0.15, -0.1) is 0 Å². The Balaban J connectivity index is 1.27. The van der Waals surface area contributed by atoms with Gasteiger partial charge < -0.3 is 20.3 Å². The maximum atomic E-state index is 14.2. The van der Waals surface area contributed by atoms with Crippen molar-refractivity contribution in [2.24, 2.45) is 11.8 Å². The molecule has 1 aromatic carbocycles. The summed E-state index contributed by atoms with van der Waals surface area (Å²) in [5.41, 5.74) is -0.520. The van der Waals surface area contributed by atoms with Gasteiger partial charge in [-0.25, -0.2) is 0 Å². The number of likely N-dealkylation sites (tertiary alicyclic amines) is 2. The zero-order chi connectivity index (χ0) is 27.1. The van der Waals surface area contributed by atoms with Crippen molar-refractivity contribution in [1.82, 2.24) is 15.1 Å². The Morgan fingerprint density at radius 2 is 1.77 bits per heavy atom. The summed E-state index contributed by atoms with van der Waals surface area (Å²) < 4.78 is 6.48. The zero-order valence-electron chi connectivity index (χ0n) is 22.6. The van der Waals surface area contributed by atoms with Gasteiger partial charge in [0.1, 0.15) is 11.6 Å². The SMILES string of the molecule is C[C@@H]1CCCCN1CCN1C(=O)[C@@H]2[C@H](C(=O)Nc3ccc(Cl)cc3)[C@@H]3C=C[C@@]2(O3)[C@@H]1C(=O)NC1CCCCC1. The second-order valence-electron chi connectivity index (χ2n) is 12.0. The summed E-state index contributed by atoms with van der Waals surface area (Å²) in [7, 11) is 0. The smallest absolute Gasteiger partial charge is 0.246 e. The van der Waals surface area contributed by atoms with Gasteiger partial charge in [-0.2, -0.15) is 0 Å². The first-order chi connectivity index (χ1) is 18.9. The molecule has 2 N–H and O–H groups in total. The molecule has 1 aromatic rings. The van der Waals surface area contributed by atoms with Gasteiger partial charge in [-0.1, -0.05) is 49.4 Å². The molecule has 6 rings (SSSR count). The van der Waals surface area contributed by atoms with Crippen molar-refractivity contribution in [3.63, 3.8) is 0 Å². The predicted octanol–water partition coefficient (Wildman–Crippen LogP) is 3.75. The molecule has 1 aliphatic carbocycles. The van der Waals surface area contributed by atoms with Gasteiger partial charge in [-0.3, -0.25) is 19.3 Å². The molecule has 39 heavy (non-hydrogen) atoms. The fraction of sp³-hybridized carbons (Fsp3) is 0.633. The summed E-state index contributed by atoms with van der Waals surface area (Å²) in [4.78, 5) is 45.8. The number of piperidine rings is 1. The molecule has 0 unspecified atom stereocenters. The van der Waals surface area contributed by atoms with Crippen LogP contribution in [0, 0.1) is 11.8 Å².